The molecule has 192 valence electrons. The molecule has 1 atom stereocenters. The number of methoxy groups -OCH3 is 1. The van der Waals surface area contributed by atoms with Crippen LogP contribution in [0, 0.1) is 0 Å². The average Bonchev–Trinajstić information content (AvgIpc) is 3.32. The Morgan fingerprint density at radius 2 is 1.82 bits per heavy atom. The monoisotopic (exact) mass is 569 g/mol. The van der Waals surface area contributed by atoms with Crippen molar-refractivity contribution < 1.29 is 18.7 Å². The van der Waals surface area contributed by atoms with Crippen LogP contribution in [0.1, 0.15) is 12.5 Å². The number of carbonyl (C=O) groups excluding carboxylic acids is 1. The molecule has 3 aromatic carbocycles. The van der Waals surface area contributed by atoms with Gasteiger partial charge in [-0.2, -0.15) is 9.78 Å². The van der Waals surface area contributed by atoms with Crippen LogP contribution in [0.5, 0.6) is 5.75 Å². The number of fused-ring (bicyclic) bond motifs is 2. The predicted octanol–water partition coefficient (Wildman–Crippen LogP) is 6.59. The van der Waals surface area contributed by atoms with Crippen molar-refractivity contribution in [1.29, 1.82) is 0 Å². The molecule has 2 aromatic heterocycles. The first-order chi connectivity index (χ1) is 18.2. The van der Waals surface area contributed by atoms with Crippen molar-refractivity contribution in [2.45, 2.75) is 13.0 Å². The first-order valence-electron chi connectivity index (χ1n) is 11.2. The molecule has 0 saturated heterocycles. The number of halogens is 3. The maximum atomic E-state index is 13.4. The summed E-state index contributed by atoms with van der Waals surface area (Å²) in [5.74, 6) is 0.0705. The van der Waals surface area contributed by atoms with Crippen molar-refractivity contribution in [2.75, 3.05) is 7.11 Å². The molecule has 0 saturated carbocycles. The van der Waals surface area contributed by atoms with Crippen molar-refractivity contribution in [3.63, 3.8) is 0 Å². The van der Waals surface area contributed by atoms with E-state index in [2.05, 4.69) is 14.8 Å². The fourth-order valence-corrected chi connectivity index (χ4v) is 4.57. The predicted molar refractivity (Wildman–Crippen MR) is 148 cm³/mol. The highest BCUT2D eigenvalue weighted by atomic mass is 35.5. The lowest BCUT2D eigenvalue weighted by Gasteiger charge is -2.15. The molecule has 38 heavy (non-hydrogen) atoms. The molecule has 11 heteroatoms. The largest absolute Gasteiger partial charge is 0.476 e. The smallest absolute Gasteiger partial charge is 0.346 e. The van der Waals surface area contributed by atoms with Crippen LogP contribution in [0.25, 0.3) is 33.5 Å². The number of carbonyl (C=O) groups is 1. The molecule has 2 heterocycles. The summed E-state index contributed by atoms with van der Waals surface area (Å²) < 4.78 is 17.3. The number of benzene rings is 3. The second kappa shape index (κ2) is 10.5. The van der Waals surface area contributed by atoms with E-state index in [1.54, 1.807) is 60.7 Å². The van der Waals surface area contributed by atoms with E-state index in [-0.39, 0.29) is 21.6 Å². The molecule has 0 bridgehead atoms. The van der Waals surface area contributed by atoms with E-state index in [4.69, 9.17) is 44.0 Å². The molecule has 0 unspecified atom stereocenters. The van der Waals surface area contributed by atoms with Crippen molar-refractivity contribution in [3.05, 3.63) is 91.6 Å². The van der Waals surface area contributed by atoms with Crippen LogP contribution >= 0.6 is 34.8 Å². The number of furan rings is 1. The second-order valence-electron chi connectivity index (χ2n) is 8.20. The van der Waals surface area contributed by atoms with E-state index >= 15 is 0 Å². The molecule has 0 aliphatic carbocycles. The Bertz CT molecular complexity index is 1770. The zero-order valence-electron chi connectivity index (χ0n) is 19.9. The summed E-state index contributed by atoms with van der Waals surface area (Å²) in [5.41, 5.74) is 1.15. The first-order valence-corrected chi connectivity index (χ1v) is 12.4. The van der Waals surface area contributed by atoms with Gasteiger partial charge in [0.05, 0.1) is 34.3 Å². The minimum Gasteiger partial charge on any atom is -0.476 e. The first kappa shape index (κ1) is 25.8. The van der Waals surface area contributed by atoms with Crippen molar-refractivity contribution in [1.82, 2.24) is 9.66 Å². The van der Waals surface area contributed by atoms with Gasteiger partial charge in [0, 0.05) is 10.4 Å². The molecule has 0 amide bonds. The van der Waals surface area contributed by atoms with E-state index in [0.29, 0.717) is 32.8 Å². The minimum absolute atomic E-state index is 0.120. The third-order valence-electron chi connectivity index (χ3n) is 5.62. The molecule has 0 spiro atoms. The fourth-order valence-electron chi connectivity index (χ4n) is 3.80. The third kappa shape index (κ3) is 4.98. The SMILES string of the molecule is COC(=O)[C@@H](C)Oc1c(Cl)cc(C=Nn2c(-c3cc4cc(Cl)ccc4o3)nc3ccccc3c2=O)cc1Cl. The van der Waals surface area contributed by atoms with Gasteiger partial charge in [0.1, 0.15) is 5.58 Å². The van der Waals surface area contributed by atoms with Gasteiger partial charge in [0.25, 0.3) is 5.56 Å². The highest BCUT2D eigenvalue weighted by molar-refractivity contribution is 6.37. The summed E-state index contributed by atoms with van der Waals surface area (Å²) >= 11 is 18.9. The van der Waals surface area contributed by atoms with Gasteiger partial charge in [-0.1, -0.05) is 46.9 Å². The molecule has 0 N–H and O–H groups in total. The molecular weight excluding hydrogens is 553 g/mol. The highest BCUT2D eigenvalue weighted by Crippen LogP contribution is 2.35. The number of hydrogen-bond acceptors (Lipinski definition) is 7. The number of aromatic nitrogens is 2. The van der Waals surface area contributed by atoms with Crippen LogP contribution in [0.3, 0.4) is 0 Å². The Kier molecular flexibility index (Phi) is 7.12. The van der Waals surface area contributed by atoms with Gasteiger partial charge in [-0.15, -0.1) is 0 Å². The standard InChI is InChI=1S/C27H18Cl3N3O5/c1-14(27(35)36-2)37-24-19(29)9-15(10-20(24)30)13-31-33-25(32-21-6-4-3-5-18(21)26(33)34)23-12-16-11-17(28)7-8-22(16)38-23/h3-14H,1-2H3/t14-/m1/s1. The van der Waals surface area contributed by atoms with Crippen molar-refractivity contribution >= 4 is 68.9 Å². The minimum atomic E-state index is -0.919. The van der Waals surface area contributed by atoms with Crippen LogP contribution in [0.2, 0.25) is 15.1 Å². The number of nitrogens with zero attached hydrogens (tertiary/aromatic N) is 3. The molecule has 5 rings (SSSR count). The van der Waals surface area contributed by atoms with Crippen LogP contribution in [0.4, 0.5) is 0 Å². The van der Waals surface area contributed by atoms with Crippen molar-refractivity contribution in [2.24, 2.45) is 5.10 Å². The van der Waals surface area contributed by atoms with Gasteiger partial charge in [-0.25, -0.2) is 9.78 Å². The van der Waals surface area contributed by atoms with E-state index in [1.807, 2.05) is 0 Å². The van der Waals surface area contributed by atoms with Crippen LogP contribution in [-0.4, -0.2) is 35.1 Å². The fraction of sp³-hybridized carbons (Fsp3) is 0.111. The molecule has 0 aliphatic heterocycles. The van der Waals surface area contributed by atoms with E-state index in [9.17, 15) is 9.59 Å². The Balaban J connectivity index is 1.59. The summed E-state index contributed by atoms with van der Waals surface area (Å²) in [5, 5.41) is 6.38. The van der Waals surface area contributed by atoms with Gasteiger partial charge < -0.3 is 13.9 Å². The number of ether oxygens (including phenoxy) is 2. The maximum Gasteiger partial charge on any atom is 0.346 e. The quantitative estimate of drug-likeness (QED) is 0.169. The number of esters is 1. The van der Waals surface area contributed by atoms with Crippen LogP contribution < -0.4 is 10.3 Å². The number of hydrogen-bond donors (Lipinski definition) is 0. The Labute approximate surface area is 231 Å². The lowest BCUT2D eigenvalue weighted by molar-refractivity contribution is -0.147. The van der Waals surface area contributed by atoms with E-state index in [0.717, 1.165) is 10.1 Å². The number of rotatable bonds is 6. The third-order valence-corrected chi connectivity index (χ3v) is 6.42. The van der Waals surface area contributed by atoms with Crippen LogP contribution in [-0.2, 0) is 9.53 Å². The molecule has 0 aliphatic rings. The van der Waals surface area contributed by atoms with Gasteiger partial charge in [0.2, 0.25) is 5.82 Å². The lowest BCUT2D eigenvalue weighted by atomic mass is 10.2. The zero-order chi connectivity index (χ0) is 27.0. The van der Waals surface area contributed by atoms with E-state index in [1.165, 1.54) is 20.2 Å². The Hall–Kier alpha value is -3.85. The van der Waals surface area contributed by atoms with Gasteiger partial charge in [-0.3, -0.25) is 4.79 Å². The average molecular weight is 571 g/mol. The van der Waals surface area contributed by atoms with Gasteiger partial charge >= 0.3 is 5.97 Å². The van der Waals surface area contributed by atoms with Crippen molar-refractivity contribution in [3.8, 4) is 17.3 Å². The summed E-state index contributed by atoms with van der Waals surface area (Å²) in [6.45, 7) is 1.51. The highest BCUT2D eigenvalue weighted by Gasteiger charge is 2.20. The zero-order valence-corrected chi connectivity index (χ0v) is 22.2. The number of para-hydroxylation sites is 1. The van der Waals surface area contributed by atoms with Crippen LogP contribution in [0.15, 0.2) is 75.0 Å². The second-order valence-corrected chi connectivity index (χ2v) is 9.45. The summed E-state index contributed by atoms with van der Waals surface area (Å²) in [4.78, 5) is 29.8. The molecular formula is C27H18Cl3N3O5. The molecule has 8 nitrogen and oxygen atoms in total. The lowest BCUT2D eigenvalue weighted by Crippen LogP contribution is -2.25. The summed E-state index contributed by atoms with van der Waals surface area (Å²) in [6, 6.07) is 17.0. The van der Waals surface area contributed by atoms with Gasteiger partial charge in [0.15, 0.2) is 17.6 Å². The summed E-state index contributed by atoms with van der Waals surface area (Å²) in [7, 11) is 1.25. The topological polar surface area (TPSA) is 95.9 Å². The molecule has 0 fully saturated rings. The molecule has 0 radical (unpaired) electrons. The Morgan fingerprint density at radius 3 is 2.55 bits per heavy atom. The maximum absolute atomic E-state index is 13.4. The Morgan fingerprint density at radius 1 is 1.08 bits per heavy atom. The summed E-state index contributed by atoms with van der Waals surface area (Å²) in [6.07, 6.45) is 0.490. The van der Waals surface area contributed by atoms with Gasteiger partial charge in [-0.05, 0) is 61.0 Å². The van der Waals surface area contributed by atoms with E-state index < -0.39 is 17.6 Å². The molecule has 5 aromatic rings. The normalized spacial score (nSPS) is 12.3.